The van der Waals surface area contributed by atoms with Crippen molar-refractivity contribution >= 4 is 28.1 Å². The molecule has 1 saturated heterocycles. The maximum absolute atomic E-state index is 12.4. The van der Waals surface area contributed by atoms with Gasteiger partial charge in [0.25, 0.3) is 5.91 Å². The Morgan fingerprint density at radius 2 is 2.14 bits per heavy atom. The molecule has 3 aromatic rings. The second-order valence-corrected chi connectivity index (χ2v) is 6.47. The first-order valence-electron chi connectivity index (χ1n) is 7.22. The van der Waals surface area contributed by atoms with Crippen molar-refractivity contribution in [2.75, 3.05) is 13.1 Å². The highest BCUT2D eigenvalue weighted by Crippen LogP contribution is 2.30. The van der Waals surface area contributed by atoms with Crippen LogP contribution in [-0.2, 0) is 0 Å². The Balaban J connectivity index is 1.54. The first kappa shape index (κ1) is 12.7. The smallest absolute Gasteiger partial charge is 0.263 e. The number of para-hydroxylation sites is 1. The summed E-state index contributed by atoms with van der Waals surface area (Å²) in [7, 11) is 0. The van der Waals surface area contributed by atoms with Gasteiger partial charge in [-0.15, -0.1) is 11.3 Å². The standard InChI is InChI=1S/C17H16N2OS/c20-17(16-6-3-9-21-16)19-8-7-13(11-19)15-10-12-4-1-2-5-14(12)18-15/h1-6,9-10,13,18H,7-8,11H2. The van der Waals surface area contributed by atoms with Crippen molar-refractivity contribution in [3.05, 3.63) is 58.4 Å². The molecule has 2 aromatic heterocycles. The lowest BCUT2D eigenvalue weighted by Gasteiger charge is -2.15. The van der Waals surface area contributed by atoms with Gasteiger partial charge in [0.1, 0.15) is 0 Å². The van der Waals surface area contributed by atoms with Crippen molar-refractivity contribution in [1.82, 2.24) is 9.88 Å². The number of H-pyrrole nitrogens is 1. The third-order valence-electron chi connectivity index (χ3n) is 4.20. The quantitative estimate of drug-likeness (QED) is 0.766. The van der Waals surface area contributed by atoms with E-state index < -0.39 is 0 Å². The minimum Gasteiger partial charge on any atom is -0.358 e. The second-order valence-electron chi connectivity index (χ2n) is 5.53. The number of carbonyl (C=O) groups excluding carboxylic acids is 1. The summed E-state index contributed by atoms with van der Waals surface area (Å²) in [5, 5.41) is 3.20. The van der Waals surface area contributed by atoms with E-state index in [0.29, 0.717) is 5.92 Å². The van der Waals surface area contributed by atoms with Gasteiger partial charge in [-0.1, -0.05) is 24.3 Å². The van der Waals surface area contributed by atoms with Crippen molar-refractivity contribution in [3.8, 4) is 0 Å². The molecule has 1 fully saturated rings. The molecule has 0 saturated carbocycles. The first-order valence-corrected chi connectivity index (χ1v) is 8.09. The van der Waals surface area contributed by atoms with Gasteiger partial charge >= 0.3 is 0 Å². The summed E-state index contributed by atoms with van der Waals surface area (Å²) in [6, 6.07) is 14.4. The molecule has 0 bridgehead atoms. The number of fused-ring (bicyclic) bond motifs is 1. The Kier molecular flexibility index (Phi) is 3.04. The van der Waals surface area contributed by atoms with E-state index in [1.165, 1.54) is 27.9 Å². The van der Waals surface area contributed by atoms with Gasteiger partial charge in [-0.3, -0.25) is 4.79 Å². The molecule has 106 valence electrons. The summed E-state index contributed by atoms with van der Waals surface area (Å²) >= 11 is 1.52. The number of carbonyl (C=O) groups is 1. The Bertz CT molecular complexity index is 742. The molecular formula is C17H16N2OS. The van der Waals surface area contributed by atoms with E-state index >= 15 is 0 Å². The van der Waals surface area contributed by atoms with E-state index in [9.17, 15) is 4.79 Å². The second kappa shape index (κ2) is 5.04. The van der Waals surface area contributed by atoms with Crippen molar-refractivity contribution < 1.29 is 4.79 Å². The van der Waals surface area contributed by atoms with Crippen LogP contribution >= 0.6 is 11.3 Å². The van der Waals surface area contributed by atoms with Gasteiger partial charge in [-0.2, -0.15) is 0 Å². The Hall–Kier alpha value is -2.07. The summed E-state index contributed by atoms with van der Waals surface area (Å²) in [4.78, 5) is 18.7. The third-order valence-corrected chi connectivity index (χ3v) is 5.06. The Morgan fingerprint density at radius 3 is 2.95 bits per heavy atom. The number of likely N-dealkylation sites (tertiary alicyclic amines) is 1. The highest BCUT2D eigenvalue weighted by Gasteiger charge is 2.29. The fourth-order valence-electron chi connectivity index (χ4n) is 3.07. The van der Waals surface area contributed by atoms with Crippen LogP contribution in [0.15, 0.2) is 47.8 Å². The predicted molar refractivity (Wildman–Crippen MR) is 85.9 cm³/mol. The van der Waals surface area contributed by atoms with E-state index in [1.54, 1.807) is 0 Å². The van der Waals surface area contributed by atoms with Crippen LogP contribution in [0.4, 0.5) is 0 Å². The van der Waals surface area contributed by atoms with Crippen LogP contribution < -0.4 is 0 Å². The monoisotopic (exact) mass is 296 g/mol. The third kappa shape index (κ3) is 2.25. The summed E-state index contributed by atoms with van der Waals surface area (Å²) < 4.78 is 0. The number of rotatable bonds is 2. The zero-order valence-corrected chi connectivity index (χ0v) is 12.4. The van der Waals surface area contributed by atoms with Crippen LogP contribution in [0.1, 0.15) is 27.7 Å². The molecule has 21 heavy (non-hydrogen) atoms. The predicted octanol–water partition coefficient (Wildman–Crippen LogP) is 3.86. The van der Waals surface area contributed by atoms with E-state index in [4.69, 9.17) is 0 Å². The Labute approximate surface area is 127 Å². The number of thiophene rings is 1. The molecule has 1 aliphatic rings. The van der Waals surface area contributed by atoms with Gasteiger partial charge < -0.3 is 9.88 Å². The zero-order chi connectivity index (χ0) is 14.2. The number of aromatic amines is 1. The fourth-order valence-corrected chi connectivity index (χ4v) is 3.76. The van der Waals surface area contributed by atoms with Crippen molar-refractivity contribution in [2.24, 2.45) is 0 Å². The van der Waals surface area contributed by atoms with Gasteiger partial charge in [-0.05, 0) is 35.4 Å². The molecule has 0 aliphatic carbocycles. The molecule has 4 rings (SSSR count). The number of nitrogens with one attached hydrogen (secondary N) is 1. The minimum atomic E-state index is 0.170. The van der Waals surface area contributed by atoms with Gasteiger partial charge in [0.2, 0.25) is 0 Å². The van der Waals surface area contributed by atoms with Crippen LogP contribution in [-0.4, -0.2) is 28.9 Å². The van der Waals surface area contributed by atoms with Crippen molar-refractivity contribution in [2.45, 2.75) is 12.3 Å². The van der Waals surface area contributed by atoms with Crippen LogP contribution in [0.25, 0.3) is 10.9 Å². The SMILES string of the molecule is O=C(c1cccs1)N1CCC(c2cc3ccccc3[nH]2)C1. The van der Waals surface area contributed by atoms with Crippen LogP contribution in [0.2, 0.25) is 0 Å². The van der Waals surface area contributed by atoms with Gasteiger partial charge in [0, 0.05) is 30.2 Å². The molecule has 4 heteroatoms. The van der Waals surface area contributed by atoms with Crippen molar-refractivity contribution in [3.63, 3.8) is 0 Å². The summed E-state index contributed by atoms with van der Waals surface area (Å²) in [5.41, 5.74) is 2.42. The molecule has 1 unspecified atom stereocenters. The minimum absolute atomic E-state index is 0.170. The highest BCUT2D eigenvalue weighted by molar-refractivity contribution is 7.12. The molecule has 0 radical (unpaired) electrons. The largest absolute Gasteiger partial charge is 0.358 e. The number of amides is 1. The molecule has 3 heterocycles. The molecule has 3 nitrogen and oxygen atoms in total. The number of aromatic nitrogens is 1. The van der Waals surface area contributed by atoms with Crippen LogP contribution in [0.5, 0.6) is 0 Å². The molecule has 1 atom stereocenters. The Morgan fingerprint density at radius 1 is 1.24 bits per heavy atom. The van der Waals surface area contributed by atoms with E-state index in [1.807, 2.05) is 28.5 Å². The van der Waals surface area contributed by atoms with E-state index in [-0.39, 0.29) is 5.91 Å². The van der Waals surface area contributed by atoms with Gasteiger partial charge in [-0.25, -0.2) is 0 Å². The average molecular weight is 296 g/mol. The topological polar surface area (TPSA) is 36.1 Å². The molecular weight excluding hydrogens is 280 g/mol. The maximum atomic E-state index is 12.4. The molecule has 1 aromatic carbocycles. The van der Waals surface area contributed by atoms with E-state index in [0.717, 1.165) is 24.4 Å². The maximum Gasteiger partial charge on any atom is 0.263 e. The van der Waals surface area contributed by atoms with Crippen LogP contribution in [0.3, 0.4) is 0 Å². The fraction of sp³-hybridized carbons (Fsp3) is 0.235. The lowest BCUT2D eigenvalue weighted by Crippen LogP contribution is -2.27. The van der Waals surface area contributed by atoms with Crippen LogP contribution in [0, 0.1) is 0 Å². The lowest BCUT2D eigenvalue weighted by molar-refractivity contribution is 0.0795. The number of hydrogen-bond acceptors (Lipinski definition) is 2. The molecule has 0 spiro atoms. The lowest BCUT2D eigenvalue weighted by atomic mass is 10.1. The first-order chi connectivity index (χ1) is 10.3. The van der Waals surface area contributed by atoms with E-state index in [2.05, 4.69) is 29.2 Å². The number of benzene rings is 1. The normalized spacial score (nSPS) is 18.5. The average Bonchev–Trinajstić information content (AvgIpc) is 3.24. The van der Waals surface area contributed by atoms with Gasteiger partial charge in [0.15, 0.2) is 0 Å². The summed E-state index contributed by atoms with van der Waals surface area (Å²) in [6.07, 6.45) is 1.03. The number of hydrogen-bond donors (Lipinski definition) is 1. The molecule has 1 amide bonds. The van der Waals surface area contributed by atoms with Crippen molar-refractivity contribution in [1.29, 1.82) is 0 Å². The zero-order valence-electron chi connectivity index (χ0n) is 11.6. The summed E-state index contributed by atoms with van der Waals surface area (Å²) in [6.45, 7) is 1.65. The summed E-state index contributed by atoms with van der Waals surface area (Å²) in [5.74, 6) is 0.588. The van der Waals surface area contributed by atoms with Gasteiger partial charge in [0.05, 0.1) is 4.88 Å². The molecule has 1 aliphatic heterocycles. The molecule has 1 N–H and O–H groups in total. The number of nitrogens with zero attached hydrogens (tertiary/aromatic N) is 1. The highest BCUT2D eigenvalue weighted by atomic mass is 32.1.